The molecule has 1 unspecified atom stereocenters. The van der Waals surface area contributed by atoms with Gasteiger partial charge in [0.1, 0.15) is 6.29 Å². The molecule has 64 valence electrons. The molecule has 3 heteroatoms. The standard InChI is InChI=1S/C8H15NO2/c1-3-4-9-8(11)5-7(2)6-10/h6-7H,3-5H2,1-2H3,(H,9,11). The number of carbonyl (C=O) groups is 2. The molecule has 1 atom stereocenters. The Morgan fingerprint density at radius 2 is 2.27 bits per heavy atom. The summed E-state index contributed by atoms with van der Waals surface area (Å²) in [5, 5.41) is 2.70. The van der Waals surface area contributed by atoms with E-state index in [-0.39, 0.29) is 11.8 Å². The van der Waals surface area contributed by atoms with E-state index in [0.29, 0.717) is 13.0 Å². The lowest BCUT2D eigenvalue weighted by Crippen LogP contribution is -2.25. The van der Waals surface area contributed by atoms with E-state index in [1.165, 1.54) is 0 Å². The maximum Gasteiger partial charge on any atom is 0.220 e. The fourth-order valence-corrected chi connectivity index (χ4v) is 0.677. The quantitative estimate of drug-likeness (QED) is 0.598. The summed E-state index contributed by atoms with van der Waals surface area (Å²) in [7, 11) is 0. The van der Waals surface area contributed by atoms with Gasteiger partial charge in [-0.3, -0.25) is 4.79 Å². The first-order chi connectivity index (χ1) is 5.20. The Balaban J connectivity index is 3.43. The van der Waals surface area contributed by atoms with E-state index in [1.807, 2.05) is 6.92 Å². The van der Waals surface area contributed by atoms with Crippen LogP contribution >= 0.6 is 0 Å². The zero-order valence-electron chi connectivity index (χ0n) is 7.09. The van der Waals surface area contributed by atoms with E-state index in [9.17, 15) is 9.59 Å². The second kappa shape index (κ2) is 5.89. The minimum absolute atomic E-state index is 0.0357. The Kier molecular flexibility index (Phi) is 5.43. The van der Waals surface area contributed by atoms with Crippen molar-refractivity contribution in [3.8, 4) is 0 Å². The summed E-state index contributed by atoms with van der Waals surface area (Å²) < 4.78 is 0. The predicted octanol–water partition coefficient (Wildman–Crippen LogP) is 0.738. The minimum atomic E-state index is -0.160. The number of aldehydes is 1. The molecule has 0 aromatic rings. The van der Waals surface area contributed by atoms with E-state index in [4.69, 9.17) is 0 Å². The van der Waals surface area contributed by atoms with Crippen LogP contribution in [0.15, 0.2) is 0 Å². The van der Waals surface area contributed by atoms with Crippen molar-refractivity contribution < 1.29 is 9.59 Å². The maximum absolute atomic E-state index is 10.9. The van der Waals surface area contributed by atoms with Gasteiger partial charge in [0.15, 0.2) is 0 Å². The van der Waals surface area contributed by atoms with Crippen molar-refractivity contribution in [1.82, 2.24) is 5.32 Å². The predicted molar refractivity (Wildman–Crippen MR) is 43.1 cm³/mol. The molecule has 0 aromatic carbocycles. The summed E-state index contributed by atoms with van der Waals surface area (Å²) in [5.74, 6) is -0.196. The zero-order valence-corrected chi connectivity index (χ0v) is 7.09. The van der Waals surface area contributed by atoms with Crippen LogP contribution in [-0.4, -0.2) is 18.7 Å². The van der Waals surface area contributed by atoms with Gasteiger partial charge in [0.25, 0.3) is 0 Å². The average molecular weight is 157 g/mol. The summed E-state index contributed by atoms with van der Waals surface area (Å²) in [5.41, 5.74) is 0. The van der Waals surface area contributed by atoms with E-state index < -0.39 is 0 Å². The van der Waals surface area contributed by atoms with Gasteiger partial charge in [-0.1, -0.05) is 13.8 Å². The van der Waals surface area contributed by atoms with Gasteiger partial charge in [0, 0.05) is 18.9 Å². The minimum Gasteiger partial charge on any atom is -0.356 e. The van der Waals surface area contributed by atoms with Crippen molar-refractivity contribution in [3.63, 3.8) is 0 Å². The van der Waals surface area contributed by atoms with Crippen LogP contribution in [0.2, 0.25) is 0 Å². The molecule has 0 saturated heterocycles. The van der Waals surface area contributed by atoms with Crippen molar-refractivity contribution in [1.29, 1.82) is 0 Å². The Morgan fingerprint density at radius 1 is 1.64 bits per heavy atom. The molecule has 0 rings (SSSR count). The normalized spacial score (nSPS) is 12.2. The molecule has 0 radical (unpaired) electrons. The summed E-state index contributed by atoms with van der Waals surface area (Å²) >= 11 is 0. The second-order valence-corrected chi connectivity index (χ2v) is 2.67. The molecule has 0 spiro atoms. The van der Waals surface area contributed by atoms with Gasteiger partial charge >= 0.3 is 0 Å². The highest BCUT2D eigenvalue weighted by molar-refractivity contribution is 5.78. The molecule has 11 heavy (non-hydrogen) atoms. The van der Waals surface area contributed by atoms with E-state index in [2.05, 4.69) is 5.32 Å². The van der Waals surface area contributed by atoms with Crippen LogP contribution in [0.1, 0.15) is 26.7 Å². The van der Waals surface area contributed by atoms with Crippen LogP contribution in [0, 0.1) is 5.92 Å². The van der Waals surface area contributed by atoms with E-state index in [0.717, 1.165) is 12.7 Å². The van der Waals surface area contributed by atoms with Crippen molar-refractivity contribution in [2.75, 3.05) is 6.54 Å². The van der Waals surface area contributed by atoms with Gasteiger partial charge in [0.05, 0.1) is 0 Å². The third-order valence-corrected chi connectivity index (χ3v) is 1.31. The van der Waals surface area contributed by atoms with Gasteiger partial charge in [-0.25, -0.2) is 0 Å². The van der Waals surface area contributed by atoms with Crippen LogP contribution in [-0.2, 0) is 9.59 Å². The Labute approximate surface area is 67.2 Å². The summed E-state index contributed by atoms with van der Waals surface area (Å²) in [6.07, 6.45) is 2.04. The molecular formula is C8H15NO2. The molecule has 0 bridgehead atoms. The molecule has 0 saturated carbocycles. The van der Waals surface area contributed by atoms with E-state index >= 15 is 0 Å². The molecule has 0 fully saturated rings. The Bertz CT molecular complexity index is 134. The Morgan fingerprint density at radius 3 is 2.73 bits per heavy atom. The van der Waals surface area contributed by atoms with Crippen molar-refractivity contribution in [3.05, 3.63) is 0 Å². The third kappa shape index (κ3) is 5.58. The molecule has 1 N–H and O–H groups in total. The highest BCUT2D eigenvalue weighted by Crippen LogP contribution is 1.95. The van der Waals surface area contributed by atoms with Crippen LogP contribution in [0.3, 0.4) is 0 Å². The lowest BCUT2D eigenvalue weighted by atomic mass is 10.1. The number of amides is 1. The summed E-state index contributed by atoms with van der Waals surface area (Å²) in [4.78, 5) is 21.0. The van der Waals surface area contributed by atoms with Crippen LogP contribution in [0.5, 0.6) is 0 Å². The first-order valence-electron chi connectivity index (χ1n) is 3.92. The fourth-order valence-electron chi connectivity index (χ4n) is 0.677. The van der Waals surface area contributed by atoms with Crippen molar-refractivity contribution in [2.45, 2.75) is 26.7 Å². The highest BCUT2D eigenvalue weighted by atomic mass is 16.1. The summed E-state index contributed by atoms with van der Waals surface area (Å²) in [6, 6.07) is 0. The fraction of sp³-hybridized carbons (Fsp3) is 0.750. The van der Waals surface area contributed by atoms with Gasteiger partial charge in [-0.05, 0) is 6.42 Å². The topological polar surface area (TPSA) is 46.2 Å². The number of hydrogen-bond acceptors (Lipinski definition) is 2. The van der Waals surface area contributed by atoms with Crippen LogP contribution < -0.4 is 5.32 Å². The average Bonchev–Trinajstić information content (AvgIpc) is 2.00. The molecule has 0 heterocycles. The first kappa shape index (κ1) is 10.1. The highest BCUT2D eigenvalue weighted by Gasteiger charge is 2.05. The van der Waals surface area contributed by atoms with Crippen LogP contribution in [0.25, 0.3) is 0 Å². The lowest BCUT2D eigenvalue weighted by molar-refractivity contribution is -0.124. The van der Waals surface area contributed by atoms with E-state index in [1.54, 1.807) is 6.92 Å². The number of hydrogen-bond donors (Lipinski definition) is 1. The molecule has 0 aliphatic heterocycles. The van der Waals surface area contributed by atoms with Crippen LogP contribution in [0.4, 0.5) is 0 Å². The molecule has 1 amide bonds. The third-order valence-electron chi connectivity index (χ3n) is 1.31. The Hall–Kier alpha value is -0.860. The van der Waals surface area contributed by atoms with Gasteiger partial charge in [0.2, 0.25) is 5.91 Å². The van der Waals surface area contributed by atoms with Gasteiger partial charge < -0.3 is 10.1 Å². The molecular weight excluding hydrogens is 142 g/mol. The smallest absolute Gasteiger partial charge is 0.220 e. The van der Waals surface area contributed by atoms with Gasteiger partial charge in [-0.2, -0.15) is 0 Å². The molecule has 0 aromatic heterocycles. The second-order valence-electron chi connectivity index (χ2n) is 2.67. The van der Waals surface area contributed by atoms with Crippen molar-refractivity contribution >= 4 is 12.2 Å². The molecule has 3 nitrogen and oxygen atoms in total. The monoisotopic (exact) mass is 157 g/mol. The summed E-state index contributed by atoms with van der Waals surface area (Å²) in [6.45, 7) is 4.42. The van der Waals surface area contributed by atoms with Crippen molar-refractivity contribution in [2.24, 2.45) is 5.92 Å². The molecule has 0 aliphatic rings. The maximum atomic E-state index is 10.9. The zero-order chi connectivity index (χ0) is 8.69. The molecule has 0 aliphatic carbocycles. The first-order valence-corrected chi connectivity index (χ1v) is 3.92. The number of rotatable bonds is 5. The SMILES string of the molecule is CCCNC(=O)CC(C)C=O. The van der Waals surface area contributed by atoms with Gasteiger partial charge in [-0.15, -0.1) is 0 Å². The number of nitrogens with one attached hydrogen (secondary N) is 1. The number of carbonyl (C=O) groups excluding carboxylic acids is 2. The lowest BCUT2D eigenvalue weighted by Gasteiger charge is -2.03. The largest absolute Gasteiger partial charge is 0.356 e.